The average molecular weight is 354 g/mol. The summed E-state index contributed by atoms with van der Waals surface area (Å²) in [5.41, 5.74) is 2.19. The molecule has 0 aliphatic heterocycles. The zero-order chi connectivity index (χ0) is 18.9. The third kappa shape index (κ3) is 5.55. The molecule has 0 spiro atoms. The van der Waals surface area contributed by atoms with Crippen LogP contribution in [0.25, 0.3) is 6.08 Å². The van der Waals surface area contributed by atoms with Crippen molar-refractivity contribution in [1.29, 1.82) is 0 Å². The van der Waals surface area contributed by atoms with Gasteiger partial charge in [-0.2, -0.15) is 0 Å². The molecule has 7 nitrogen and oxygen atoms in total. The lowest BCUT2D eigenvalue weighted by atomic mass is 10.1. The monoisotopic (exact) mass is 354 g/mol. The normalized spacial score (nSPS) is 10.5. The van der Waals surface area contributed by atoms with Crippen molar-refractivity contribution < 1.29 is 19.2 Å². The maximum atomic E-state index is 11.7. The van der Waals surface area contributed by atoms with Gasteiger partial charge in [0.15, 0.2) is 6.61 Å². The summed E-state index contributed by atoms with van der Waals surface area (Å²) in [5, 5.41) is 13.6. The summed E-state index contributed by atoms with van der Waals surface area (Å²) in [6, 6.07) is 13.6. The molecular formula is C19H18N2O5. The number of amides is 1. The van der Waals surface area contributed by atoms with Gasteiger partial charge < -0.3 is 10.1 Å². The molecule has 7 heteroatoms. The van der Waals surface area contributed by atoms with E-state index in [1.165, 1.54) is 24.3 Å². The zero-order valence-electron chi connectivity index (χ0n) is 14.2. The highest BCUT2D eigenvalue weighted by Gasteiger charge is 2.10. The molecule has 0 aromatic heterocycles. The number of hydrogen-bond acceptors (Lipinski definition) is 5. The standard InChI is InChI=1S/C19H18N2O5/c1-14-6-2-3-8-16(14)12-20-18(22)13-26-19(23)11-10-15-7-4-5-9-17(15)21(24)25/h2-11H,12-13H2,1H3,(H,20,22)/b11-10+. The van der Waals surface area contributed by atoms with Crippen LogP contribution in [0.1, 0.15) is 16.7 Å². The van der Waals surface area contributed by atoms with Crippen molar-refractivity contribution >= 4 is 23.6 Å². The maximum Gasteiger partial charge on any atom is 0.331 e. The Morgan fingerprint density at radius 2 is 1.85 bits per heavy atom. The third-order valence-electron chi connectivity index (χ3n) is 3.62. The Kier molecular flexibility index (Phi) is 6.61. The van der Waals surface area contributed by atoms with E-state index in [1.807, 2.05) is 31.2 Å². The van der Waals surface area contributed by atoms with Crippen molar-refractivity contribution in [1.82, 2.24) is 5.32 Å². The second-order valence-corrected chi connectivity index (χ2v) is 5.46. The smallest absolute Gasteiger partial charge is 0.331 e. The minimum atomic E-state index is -0.755. The summed E-state index contributed by atoms with van der Waals surface area (Å²) >= 11 is 0. The van der Waals surface area contributed by atoms with Crippen LogP contribution in [0.2, 0.25) is 0 Å². The van der Waals surface area contributed by atoms with Crippen LogP contribution in [0.3, 0.4) is 0 Å². The first-order valence-electron chi connectivity index (χ1n) is 7.87. The maximum absolute atomic E-state index is 11.7. The SMILES string of the molecule is Cc1ccccc1CNC(=O)COC(=O)/C=C/c1ccccc1[N+](=O)[O-]. The van der Waals surface area contributed by atoms with E-state index in [0.717, 1.165) is 17.2 Å². The molecular weight excluding hydrogens is 336 g/mol. The van der Waals surface area contributed by atoms with Crippen LogP contribution in [0.4, 0.5) is 5.69 Å². The number of hydrogen-bond donors (Lipinski definition) is 1. The molecule has 0 aliphatic rings. The van der Waals surface area contributed by atoms with Crippen molar-refractivity contribution in [2.45, 2.75) is 13.5 Å². The van der Waals surface area contributed by atoms with Crippen molar-refractivity contribution in [3.63, 3.8) is 0 Å². The number of aryl methyl sites for hydroxylation is 1. The lowest BCUT2D eigenvalue weighted by molar-refractivity contribution is -0.385. The predicted octanol–water partition coefficient (Wildman–Crippen LogP) is 2.78. The minimum absolute atomic E-state index is 0.118. The number of carbonyl (C=O) groups is 2. The Bertz CT molecular complexity index is 845. The van der Waals surface area contributed by atoms with Gasteiger partial charge in [0.2, 0.25) is 0 Å². The molecule has 1 N–H and O–H groups in total. The number of nitro groups is 1. The highest BCUT2D eigenvalue weighted by molar-refractivity contribution is 5.89. The molecule has 0 radical (unpaired) electrons. The molecule has 0 saturated heterocycles. The van der Waals surface area contributed by atoms with Crippen LogP contribution in [0.5, 0.6) is 0 Å². The van der Waals surface area contributed by atoms with Gasteiger partial charge in [-0.1, -0.05) is 36.4 Å². The van der Waals surface area contributed by atoms with Gasteiger partial charge in [0.1, 0.15) is 0 Å². The van der Waals surface area contributed by atoms with E-state index in [1.54, 1.807) is 6.07 Å². The highest BCUT2D eigenvalue weighted by atomic mass is 16.6. The van der Waals surface area contributed by atoms with Gasteiger partial charge in [-0.05, 0) is 30.2 Å². The number of benzene rings is 2. The fourth-order valence-electron chi connectivity index (χ4n) is 2.19. The molecule has 0 unspecified atom stereocenters. The number of esters is 1. The van der Waals surface area contributed by atoms with Crippen molar-refractivity contribution in [3.8, 4) is 0 Å². The van der Waals surface area contributed by atoms with Gasteiger partial charge in [-0.15, -0.1) is 0 Å². The quantitative estimate of drug-likeness (QED) is 0.357. The molecule has 26 heavy (non-hydrogen) atoms. The fourth-order valence-corrected chi connectivity index (χ4v) is 2.19. The first kappa shape index (κ1) is 18.9. The molecule has 1 amide bonds. The Balaban J connectivity index is 1.82. The summed E-state index contributed by atoms with van der Waals surface area (Å²) in [6.07, 6.45) is 2.34. The second kappa shape index (κ2) is 9.12. The van der Waals surface area contributed by atoms with Crippen molar-refractivity contribution in [2.24, 2.45) is 0 Å². The second-order valence-electron chi connectivity index (χ2n) is 5.46. The summed E-state index contributed by atoms with van der Waals surface area (Å²) < 4.78 is 4.84. The topological polar surface area (TPSA) is 98.5 Å². The number of ether oxygens (including phenoxy) is 1. The zero-order valence-corrected chi connectivity index (χ0v) is 14.2. The van der Waals surface area contributed by atoms with E-state index >= 15 is 0 Å². The van der Waals surface area contributed by atoms with Gasteiger partial charge >= 0.3 is 5.97 Å². The van der Waals surface area contributed by atoms with Crippen LogP contribution in [0.15, 0.2) is 54.6 Å². The van der Waals surface area contributed by atoms with Crippen LogP contribution >= 0.6 is 0 Å². The van der Waals surface area contributed by atoms with E-state index in [4.69, 9.17) is 4.74 Å². The van der Waals surface area contributed by atoms with Crippen molar-refractivity contribution in [2.75, 3.05) is 6.61 Å². The van der Waals surface area contributed by atoms with Crippen LogP contribution in [-0.2, 0) is 20.9 Å². The lowest BCUT2D eigenvalue weighted by Gasteiger charge is -2.07. The summed E-state index contributed by atoms with van der Waals surface area (Å²) in [5.74, 6) is -1.19. The number of nitrogens with one attached hydrogen (secondary N) is 1. The molecule has 0 bridgehead atoms. The lowest BCUT2D eigenvalue weighted by Crippen LogP contribution is -2.28. The van der Waals surface area contributed by atoms with Gasteiger partial charge in [0, 0.05) is 18.7 Å². The van der Waals surface area contributed by atoms with E-state index < -0.39 is 23.4 Å². The molecule has 2 aromatic carbocycles. The number of rotatable bonds is 7. The molecule has 0 fully saturated rings. The summed E-state index contributed by atoms with van der Waals surface area (Å²) in [4.78, 5) is 33.8. The summed E-state index contributed by atoms with van der Waals surface area (Å²) in [7, 11) is 0. The Morgan fingerprint density at radius 3 is 2.58 bits per heavy atom. The van der Waals surface area contributed by atoms with Gasteiger partial charge in [0.05, 0.1) is 10.5 Å². The molecule has 2 aromatic rings. The first-order valence-corrected chi connectivity index (χ1v) is 7.87. The number of carbonyl (C=O) groups excluding carboxylic acids is 2. The Morgan fingerprint density at radius 1 is 1.15 bits per heavy atom. The van der Waals surface area contributed by atoms with Gasteiger partial charge in [0.25, 0.3) is 11.6 Å². The minimum Gasteiger partial charge on any atom is -0.452 e. The van der Waals surface area contributed by atoms with Crippen LogP contribution in [-0.4, -0.2) is 23.4 Å². The molecule has 0 aliphatic carbocycles. The molecule has 2 rings (SSSR count). The summed E-state index contributed by atoms with van der Waals surface area (Å²) in [6.45, 7) is 1.86. The van der Waals surface area contributed by atoms with E-state index in [9.17, 15) is 19.7 Å². The van der Waals surface area contributed by atoms with E-state index in [-0.39, 0.29) is 11.3 Å². The van der Waals surface area contributed by atoms with Crippen LogP contribution in [0, 0.1) is 17.0 Å². The third-order valence-corrected chi connectivity index (χ3v) is 3.62. The Labute approximate surface area is 150 Å². The molecule has 0 heterocycles. The van der Waals surface area contributed by atoms with Crippen molar-refractivity contribution in [3.05, 3.63) is 81.4 Å². The van der Waals surface area contributed by atoms with Gasteiger partial charge in [-0.25, -0.2) is 4.79 Å². The largest absolute Gasteiger partial charge is 0.452 e. The van der Waals surface area contributed by atoms with E-state index in [0.29, 0.717) is 6.54 Å². The Hall–Kier alpha value is -3.48. The molecule has 0 atom stereocenters. The predicted molar refractivity (Wildman–Crippen MR) is 96.1 cm³/mol. The van der Waals surface area contributed by atoms with E-state index in [2.05, 4.69) is 5.32 Å². The number of nitro benzene ring substituents is 1. The molecule has 0 saturated carbocycles. The number of nitrogens with zero attached hydrogens (tertiary/aromatic N) is 1. The highest BCUT2D eigenvalue weighted by Crippen LogP contribution is 2.18. The average Bonchev–Trinajstić information content (AvgIpc) is 2.64. The van der Waals surface area contributed by atoms with Gasteiger partial charge in [-0.3, -0.25) is 14.9 Å². The first-order chi connectivity index (χ1) is 12.5. The number of para-hydroxylation sites is 1. The fraction of sp³-hybridized carbons (Fsp3) is 0.158. The van der Waals surface area contributed by atoms with Crippen LogP contribution < -0.4 is 5.32 Å². The molecule has 134 valence electrons.